The molecular weight excluding hydrogens is 398 g/mol. The van der Waals surface area contributed by atoms with Crippen LogP contribution in [0.4, 0.5) is 5.69 Å². The number of carbonyl (C=O) groups excluding carboxylic acids is 2. The number of amides is 1. The Balaban J connectivity index is 1.55. The van der Waals surface area contributed by atoms with E-state index >= 15 is 0 Å². The van der Waals surface area contributed by atoms with E-state index < -0.39 is 5.97 Å². The van der Waals surface area contributed by atoms with Crippen LogP contribution in [0.1, 0.15) is 24.0 Å². The van der Waals surface area contributed by atoms with Gasteiger partial charge >= 0.3 is 5.97 Å². The second-order valence-corrected chi connectivity index (χ2v) is 6.89. The van der Waals surface area contributed by atoms with Gasteiger partial charge in [0.1, 0.15) is 6.07 Å². The number of nitrogens with zero attached hydrogens (tertiary/aromatic N) is 3. The number of cyclic esters (lactones) is 1. The topological polar surface area (TPSA) is 101 Å². The molecule has 2 aromatic carbocycles. The first-order chi connectivity index (χ1) is 15.1. The van der Waals surface area contributed by atoms with Crippen molar-refractivity contribution < 1.29 is 23.8 Å². The first-order valence-corrected chi connectivity index (χ1v) is 9.70. The van der Waals surface area contributed by atoms with E-state index in [-0.39, 0.29) is 24.1 Å². The number of hydrogen-bond donors (Lipinski definition) is 0. The van der Waals surface area contributed by atoms with Gasteiger partial charge in [0.15, 0.2) is 23.8 Å². The van der Waals surface area contributed by atoms with Crippen LogP contribution in [0.5, 0.6) is 11.5 Å². The van der Waals surface area contributed by atoms with Crippen LogP contribution in [-0.4, -0.2) is 38.0 Å². The summed E-state index contributed by atoms with van der Waals surface area (Å²) in [6.45, 7) is 0.617. The molecule has 0 spiro atoms. The Kier molecular flexibility index (Phi) is 5.67. The summed E-state index contributed by atoms with van der Waals surface area (Å²) in [5.41, 5.74) is 2.28. The number of ether oxygens (including phenoxy) is 3. The van der Waals surface area contributed by atoms with E-state index in [2.05, 4.69) is 4.99 Å². The van der Waals surface area contributed by atoms with E-state index in [1.54, 1.807) is 41.3 Å². The number of anilines is 1. The molecule has 2 aliphatic rings. The molecule has 4 rings (SSSR count). The third-order valence-electron chi connectivity index (χ3n) is 4.90. The van der Waals surface area contributed by atoms with Crippen LogP contribution in [0, 0.1) is 11.3 Å². The molecule has 1 saturated heterocycles. The van der Waals surface area contributed by atoms with Gasteiger partial charge in [-0.25, -0.2) is 9.79 Å². The van der Waals surface area contributed by atoms with Gasteiger partial charge in [0, 0.05) is 24.2 Å². The molecule has 156 valence electrons. The standard InChI is InChI=1S/C23H19N3O5/c1-29-20-14-15(4-9-19(20)30-12-10-24)13-18-23(28)31-22(25-18)16-5-7-17(8-6-16)26-11-2-3-21(26)27/h4-9,13-14H,2-3,11-12H2,1H3/b18-13-. The predicted octanol–water partition coefficient (Wildman–Crippen LogP) is 3.07. The monoisotopic (exact) mass is 417 g/mol. The summed E-state index contributed by atoms with van der Waals surface area (Å²) in [5.74, 6) is 0.629. The Labute approximate surface area is 179 Å². The second kappa shape index (κ2) is 8.71. The normalized spacial score (nSPS) is 16.8. The fourth-order valence-corrected chi connectivity index (χ4v) is 3.40. The molecule has 0 radical (unpaired) electrons. The number of aliphatic imine (C=N–C) groups is 1. The number of hydrogen-bond acceptors (Lipinski definition) is 7. The number of carbonyl (C=O) groups is 2. The lowest BCUT2D eigenvalue weighted by molar-refractivity contribution is -0.130. The van der Waals surface area contributed by atoms with Crippen molar-refractivity contribution in [2.45, 2.75) is 12.8 Å². The van der Waals surface area contributed by atoms with Crippen LogP contribution in [0.2, 0.25) is 0 Å². The van der Waals surface area contributed by atoms with Crippen molar-refractivity contribution in [1.82, 2.24) is 0 Å². The smallest absolute Gasteiger partial charge is 0.363 e. The molecule has 0 aliphatic carbocycles. The van der Waals surface area contributed by atoms with Crippen molar-refractivity contribution in [2.24, 2.45) is 4.99 Å². The lowest BCUT2D eigenvalue weighted by Gasteiger charge is -2.15. The number of nitriles is 1. The maximum Gasteiger partial charge on any atom is 0.363 e. The second-order valence-electron chi connectivity index (χ2n) is 6.89. The van der Waals surface area contributed by atoms with Gasteiger partial charge in [-0.2, -0.15) is 5.26 Å². The van der Waals surface area contributed by atoms with Gasteiger partial charge in [0.25, 0.3) is 0 Å². The molecule has 0 unspecified atom stereocenters. The minimum absolute atomic E-state index is 0.0957. The van der Waals surface area contributed by atoms with E-state index in [4.69, 9.17) is 19.5 Å². The van der Waals surface area contributed by atoms with Crippen molar-refractivity contribution in [3.63, 3.8) is 0 Å². The highest BCUT2D eigenvalue weighted by Gasteiger charge is 2.25. The summed E-state index contributed by atoms with van der Waals surface area (Å²) in [6.07, 6.45) is 3.01. The van der Waals surface area contributed by atoms with Crippen molar-refractivity contribution in [1.29, 1.82) is 5.26 Å². The first-order valence-electron chi connectivity index (χ1n) is 9.70. The van der Waals surface area contributed by atoms with Crippen molar-refractivity contribution >= 4 is 29.5 Å². The third kappa shape index (κ3) is 4.26. The summed E-state index contributed by atoms with van der Waals surface area (Å²) in [6, 6.07) is 14.2. The summed E-state index contributed by atoms with van der Waals surface area (Å²) >= 11 is 0. The summed E-state index contributed by atoms with van der Waals surface area (Å²) in [7, 11) is 1.49. The highest BCUT2D eigenvalue weighted by Crippen LogP contribution is 2.30. The summed E-state index contributed by atoms with van der Waals surface area (Å²) in [5, 5.41) is 8.66. The van der Waals surface area contributed by atoms with Crippen molar-refractivity contribution in [2.75, 3.05) is 25.2 Å². The molecule has 0 bridgehead atoms. The lowest BCUT2D eigenvalue weighted by Crippen LogP contribution is -2.23. The molecule has 8 heteroatoms. The Hall–Kier alpha value is -4.12. The van der Waals surface area contributed by atoms with Gasteiger partial charge in [0.2, 0.25) is 11.8 Å². The van der Waals surface area contributed by atoms with E-state index in [9.17, 15) is 9.59 Å². The fourth-order valence-electron chi connectivity index (χ4n) is 3.40. The van der Waals surface area contributed by atoms with Crippen LogP contribution in [-0.2, 0) is 14.3 Å². The van der Waals surface area contributed by atoms with Crippen molar-refractivity contribution in [3.8, 4) is 17.6 Å². The van der Waals surface area contributed by atoms with Gasteiger partial charge in [0.05, 0.1) is 7.11 Å². The van der Waals surface area contributed by atoms with Gasteiger partial charge < -0.3 is 19.1 Å². The molecule has 2 aromatic rings. The highest BCUT2D eigenvalue weighted by molar-refractivity contribution is 6.13. The van der Waals surface area contributed by atoms with Crippen LogP contribution < -0.4 is 14.4 Å². The molecule has 0 N–H and O–H groups in total. The SMILES string of the molecule is COc1cc(/C=C2\N=C(c3ccc(N4CCCC4=O)cc3)OC2=O)ccc1OCC#N. The number of benzene rings is 2. The zero-order valence-corrected chi connectivity index (χ0v) is 16.8. The molecule has 31 heavy (non-hydrogen) atoms. The van der Waals surface area contributed by atoms with Gasteiger partial charge in [-0.1, -0.05) is 6.07 Å². The fraction of sp³-hybridized carbons (Fsp3) is 0.217. The molecule has 1 fully saturated rings. The van der Waals surface area contributed by atoms with Gasteiger partial charge in [-0.3, -0.25) is 4.79 Å². The third-order valence-corrected chi connectivity index (χ3v) is 4.90. The van der Waals surface area contributed by atoms with Crippen LogP contribution in [0.25, 0.3) is 6.08 Å². The number of esters is 1. The molecule has 2 heterocycles. The van der Waals surface area contributed by atoms with E-state index in [0.29, 0.717) is 35.6 Å². The lowest BCUT2D eigenvalue weighted by atomic mass is 10.1. The van der Waals surface area contributed by atoms with Crippen LogP contribution in [0.3, 0.4) is 0 Å². The summed E-state index contributed by atoms with van der Waals surface area (Å²) < 4.78 is 15.9. The Bertz CT molecular complexity index is 1130. The largest absolute Gasteiger partial charge is 0.493 e. The Morgan fingerprint density at radius 2 is 2.00 bits per heavy atom. The maximum atomic E-state index is 12.3. The number of methoxy groups -OCH3 is 1. The molecule has 1 amide bonds. The van der Waals surface area contributed by atoms with Crippen molar-refractivity contribution in [3.05, 3.63) is 59.3 Å². The Morgan fingerprint density at radius 3 is 2.68 bits per heavy atom. The van der Waals surface area contributed by atoms with Gasteiger partial charge in [-0.05, 0) is 54.5 Å². The van der Waals surface area contributed by atoms with Crippen LogP contribution in [0.15, 0.2) is 53.2 Å². The molecule has 0 aromatic heterocycles. The highest BCUT2D eigenvalue weighted by atomic mass is 16.6. The summed E-state index contributed by atoms with van der Waals surface area (Å²) in [4.78, 5) is 30.2. The molecule has 8 nitrogen and oxygen atoms in total. The van der Waals surface area contributed by atoms with E-state index in [0.717, 1.165) is 12.1 Å². The molecule has 0 atom stereocenters. The average molecular weight is 417 g/mol. The van der Waals surface area contributed by atoms with E-state index in [1.807, 2.05) is 18.2 Å². The average Bonchev–Trinajstić information content (AvgIpc) is 3.38. The minimum Gasteiger partial charge on any atom is -0.493 e. The zero-order valence-electron chi connectivity index (χ0n) is 16.8. The van der Waals surface area contributed by atoms with Crippen LogP contribution >= 0.6 is 0 Å². The molecular formula is C23H19N3O5. The Morgan fingerprint density at radius 1 is 1.19 bits per heavy atom. The molecule has 2 aliphatic heterocycles. The first kappa shape index (κ1) is 20.2. The maximum absolute atomic E-state index is 12.3. The minimum atomic E-state index is -0.558. The molecule has 0 saturated carbocycles. The zero-order chi connectivity index (χ0) is 21.8. The number of rotatable bonds is 6. The predicted molar refractivity (Wildman–Crippen MR) is 113 cm³/mol. The van der Waals surface area contributed by atoms with E-state index in [1.165, 1.54) is 7.11 Å². The quantitative estimate of drug-likeness (QED) is 0.529. The van der Waals surface area contributed by atoms with Gasteiger partial charge in [-0.15, -0.1) is 0 Å².